The summed E-state index contributed by atoms with van der Waals surface area (Å²) in [6, 6.07) is 5.03. The Morgan fingerprint density at radius 1 is 1.37 bits per heavy atom. The highest BCUT2D eigenvalue weighted by Gasteiger charge is 2.27. The number of amides is 2. The van der Waals surface area contributed by atoms with Gasteiger partial charge in [0.1, 0.15) is 17.7 Å². The summed E-state index contributed by atoms with van der Waals surface area (Å²) in [5.41, 5.74) is 11.9. The molecule has 0 bridgehead atoms. The number of imidazole rings is 1. The van der Waals surface area contributed by atoms with Crippen molar-refractivity contribution in [3.8, 4) is 11.5 Å². The van der Waals surface area contributed by atoms with Crippen LogP contribution < -0.4 is 11.5 Å². The van der Waals surface area contributed by atoms with Crippen LogP contribution >= 0.6 is 0 Å². The fraction of sp³-hybridized carbons (Fsp3) is 0.294. The number of fused-ring (bicyclic) bond motifs is 1. The number of ether oxygens (including phenoxy) is 1. The van der Waals surface area contributed by atoms with Crippen LogP contribution in [0, 0.1) is 0 Å². The minimum absolute atomic E-state index is 0.0146. The SMILES string of the molecule is NCC1CN(C(=O)c2cc(-c3ccco3)nc3c(C(N)=O)ncn23)CCO1. The van der Waals surface area contributed by atoms with Gasteiger partial charge in [0, 0.05) is 19.6 Å². The first-order valence-electron chi connectivity index (χ1n) is 8.41. The second-order valence-corrected chi connectivity index (χ2v) is 6.13. The molecule has 1 aliphatic rings. The zero-order valence-corrected chi connectivity index (χ0v) is 14.4. The number of carbonyl (C=O) groups excluding carboxylic acids is 2. The van der Waals surface area contributed by atoms with Crippen LogP contribution in [-0.2, 0) is 4.74 Å². The zero-order chi connectivity index (χ0) is 19.0. The van der Waals surface area contributed by atoms with Crippen LogP contribution in [0.2, 0.25) is 0 Å². The second kappa shape index (κ2) is 6.82. The van der Waals surface area contributed by atoms with E-state index in [1.807, 2.05) is 0 Å². The summed E-state index contributed by atoms with van der Waals surface area (Å²) in [6.07, 6.45) is 2.65. The fourth-order valence-electron chi connectivity index (χ4n) is 3.07. The quantitative estimate of drug-likeness (QED) is 0.652. The third kappa shape index (κ3) is 3.04. The number of hydrogen-bond donors (Lipinski definition) is 2. The molecular formula is C17H18N6O4. The van der Waals surface area contributed by atoms with Crippen molar-refractivity contribution in [1.29, 1.82) is 0 Å². The van der Waals surface area contributed by atoms with Gasteiger partial charge in [-0.3, -0.25) is 14.0 Å². The summed E-state index contributed by atoms with van der Waals surface area (Å²) in [5.74, 6) is -0.509. The van der Waals surface area contributed by atoms with Crippen molar-refractivity contribution < 1.29 is 18.7 Å². The predicted octanol–water partition coefficient (Wildman–Crippen LogP) is -0.112. The molecule has 4 N–H and O–H groups in total. The van der Waals surface area contributed by atoms with Crippen LogP contribution in [0.15, 0.2) is 35.2 Å². The summed E-state index contributed by atoms with van der Waals surface area (Å²) >= 11 is 0. The largest absolute Gasteiger partial charge is 0.463 e. The van der Waals surface area contributed by atoms with Crippen LogP contribution in [0.1, 0.15) is 21.0 Å². The van der Waals surface area contributed by atoms with Gasteiger partial charge in [-0.25, -0.2) is 9.97 Å². The van der Waals surface area contributed by atoms with Crippen LogP contribution in [0.3, 0.4) is 0 Å². The van der Waals surface area contributed by atoms with Gasteiger partial charge < -0.3 is 25.5 Å². The van der Waals surface area contributed by atoms with Crippen molar-refractivity contribution >= 4 is 17.5 Å². The minimum atomic E-state index is -0.727. The number of rotatable bonds is 4. The maximum atomic E-state index is 13.2. The first-order valence-corrected chi connectivity index (χ1v) is 8.41. The second-order valence-electron chi connectivity index (χ2n) is 6.13. The molecule has 1 aliphatic heterocycles. The average molecular weight is 370 g/mol. The van der Waals surface area contributed by atoms with Gasteiger partial charge >= 0.3 is 0 Å². The van der Waals surface area contributed by atoms with Gasteiger partial charge in [0.15, 0.2) is 17.1 Å². The lowest BCUT2D eigenvalue weighted by Gasteiger charge is -2.32. The maximum Gasteiger partial charge on any atom is 0.271 e. The molecule has 27 heavy (non-hydrogen) atoms. The summed E-state index contributed by atoms with van der Waals surface area (Å²) in [6.45, 7) is 1.55. The van der Waals surface area contributed by atoms with E-state index in [0.717, 1.165) is 0 Å². The van der Waals surface area contributed by atoms with Crippen molar-refractivity contribution in [2.75, 3.05) is 26.2 Å². The van der Waals surface area contributed by atoms with E-state index in [0.29, 0.717) is 43.4 Å². The van der Waals surface area contributed by atoms with E-state index in [-0.39, 0.29) is 23.4 Å². The number of primary amides is 1. The van der Waals surface area contributed by atoms with Gasteiger partial charge in [0.25, 0.3) is 11.8 Å². The maximum absolute atomic E-state index is 13.2. The van der Waals surface area contributed by atoms with E-state index in [1.165, 1.54) is 17.0 Å². The van der Waals surface area contributed by atoms with Gasteiger partial charge in [-0.2, -0.15) is 0 Å². The summed E-state index contributed by atoms with van der Waals surface area (Å²) < 4.78 is 12.4. The van der Waals surface area contributed by atoms with E-state index < -0.39 is 5.91 Å². The van der Waals surface area contributed by atoms with E-state index in [4.69, 9.17) is 20.6 Å². The molecule has 1 unspecified atom stereocenters. The standard InChI is InChI=1S/C17H18N6O4/c18-7-10-8-22(3-5-26-10)17(25)12-6-11(13-2-1-4-27-13)21-16-14(15(19)24)20-9-23(12)16/h1-2,4,6,9-10H,3,5,7-8,18H2,(H2,19,24). The highest BCUT2D eigenvalue weighted by Crippen LogP contribution is 2.23. The first-order chi connectivity index (χ1) is 13.1. The monoisotopic (exact) mass is 370 g/mol. The van der Waals surface area contributed by atoms with Gasteiger partial charge in [-0.05, 0) is 18.2 Å². The van der Waals surface area contributed by atoms with Crippen molar-refractivity contribution in [2.24, 2.45) is 11.5 Å². The van der Waals surface area contributed by atoms with Crippen LogP contribution in [0.4, 0.5) is 0 Å². The number of carbonyl (C=O) groups is 2. The van der Waals surface area contributed by atoms with E-state index in [9.17, 15) is 9.59 Å². The Labute approximate surface area is 153 Å². The van der Waals surface area contributed by atoms with E-state index in [1.54, 1.807) is 23.1 Å². The zero-order valence-electron chi connectivity index (χ0n) is 14.4. The molecule has 4 heterocycles. The normalized spacial score (nSPS) is 17.4. The molecule has 0 aliphatic carbocycles. The van der Waals surface area contributed by atoms with Crippen LogP contribution in [-0.4, -0.2) is 63.4 Å². The molecule has 0 aromatic carbocycles. The number of morpholine rings is 1. The molecule has 4 rings (SSSR count). The third-order valence-corrected chi connectivity index (χ3v) is 4.42. The Morgan fingerprint density at radius 2 is 2.22 bits per heavy atom. The van der Waals surface area contributed by atoms with Gasteiger partial charge in [0.2, 0.25) is 0 Å². The average Bonchev–Trinajstić information content (AvgIpc) is 3.36. The Morgan fingerprint density at radius 3 is 2.93 bits per heavy atom. The molecule has 10 nitrogen and oxygen atoms in total. The highest BCUT2D eigenvalue weighted by atomic mass is 16.5. The molecule has 0 spiro atoms. The van der Waals surface area contributed by atoms with Crippen LogP contribution in [0.25, 0.3) is 17.1 Å². The molecule has 1 fully saturated rings. The lowest BCUT2D eigenvalue weighted by Crippen LogP contribution is -2.48. The molecule has 1 saturated heterocycles. The topological polar surface area (TPSA) is 142 Å². The lowest BCUT2D eigenvalue weighted by molar-refractivity contribution is -0.0170. The number of nitrogens with two attached hydrogens (primary N) is 2. The van der Waals surface area contributed by atoms with Crippen molar-refractivity contribution in [3.05, 3.63) is 42.2 Å². The number of furan rings is 1. The van der Waals surface area contributed by atoms with Crippen molar-refractivity contribution in [3.63, 3.8) is 0 Å². The van der Waals surface area contributed by atoms with E-state index in [2.05, 4.69) is 9.97 Å². The summed E-state index contributed by atoms with van der Waals surface area (Å²) in [7, 11) is 0. The first kappa shape index (κ1) is 17.2. The molecule has 0 saturated carbocycles. The molecule has 3 aromatic rings. The lowest BCUT2D eigenvalue weighted by atomic mass is 10.2. The summed E-state index contributed by atoms with van der Waals surface area (Å²) in [4.78, 5) is 35.0. The number of aromatic nitrogens is 3. The molecular weight excluding hydrogens is 352 g/mol. The molecule has 0 radical (unpaired) electrons. The molecule has 10 heteroatoms. The fourth-order valence-corrected chi connectivity index (χ4v) is 3.07. The smallest absolute Gasteiger partial charge is 0.271 e. The van der Waals surface area contributed by atoms with Crippen molar-refractivity contribution in [1.82, 2.24) is 19.3 Å². The minimum Gasteiger partial charge on any atom is -0.463 e. The van der Waals surface area contributed by atoms with E-state index >= 15 is 0 Å². The molecule has 3 aromatic heterocycles. The number of hydrogen-bond acceptors (Lipinski definition) is 7. The van der Waals surface area contributed by atoms with Crippen molar-refractivity contribution in [2.45, 2.75) is 6.10 Å². The molecule has 1 atom stereocenters. The van der Waals surface area contributed by atoms with Gasteiger partial charge in [-0.15, -0.1) is 0 Å². The summed E-state index contributed by atoms with van der Waals surface area (Å²) in [5, 5.41) is 0. The molecule has 140 valence electrons. The Bertz CT molecular complexity index is 996. The van der Waals surface area contributed by atoms with Gasteiger partial charge in [0.05, 0.1) is 19.0 Å². The highest BCUT2D eigenvalue weighted by molar-refractivity contribution is 5.99. The molecule has 2 amide bonds. The number of nitrogens with zero attached hydrogens (tertiary/aromatic N) is 4. The third-order valence-electron chi connectivity index (χ3n) is 4.42. The Hall–Kier alpha value is -3.24. The van der Waals surface area contributed by atoms with Crippen LogP contribution in [0.5, 0.6) is 0 Å². The predicted molar refractivity (Wildman–Crippen MR) is 93.9 cm³/mol. The Kier molecular flexibility index (Phi) is 4.34. The Balaban J connectivity index is 1.83. The van der Waals surface area contributed by atoms with Gasteiger partial charge in [-0.1, -0.05) is 0 Å².